The molecule has 0 aliphatic heterocycles. The summed E-state index contributed by atoms with van der Waals surface area (Å²) >= 11 is 0.817. The summed E-state index contributed by atoms with van der Waals surface area (Å²) in [5.41, 5.74) is 0.460. The number of benzene rings is 1. The lowest BCUT2D eigenvalue weighted by Gasteiger charge is -2.05. The van der Waals surface area contributed by atoms with Gasteiger partial charge in [0.2, 0.25) is 9.47 Å². The Hall–Kier alpha value is -1.84. The zero-order chi connectivity index (χ0) is 16.9. The third kappa shape index (κ3) is 5.08. The molecule has 0 fully saturated rings. The Morgan fingerprint density at radius 2 is 1.91 bits per heavy atom. The van der Waals surface area contributed by atoms with E-state index in [4.69, 9.17) is 0 Å². The Morgan fingerprint density at radius 1 is 1.22 bits per heavy atom. The lowest BCUT2D eigenvalue weighted by atomic mass is 10.1. The molecule has 7 nitrogen and oxygen atoms in total. The number of rotatable bonds is 7. The number of aromatic nitrogens is 2. The highest BCUT2D eigenvalue weighted by Gasteiger charge is 2.20. The number of carbonyl (C=O) groups excluding carboxylic acids is 1. The van der Waals surface area contributed by atoms with Crippen molar-refractivity contribution in [2.24, 2.45) is 5.92 Å². The normalized spacial score (nSPS) is 11.6. The van der Waals surface area contributed by atoms with Gasteiger partial charge in [0.1, 0.15) is 0 Å². The molecule has 1 aromatic carbocycles. The lowest BCUT2D eigenvalue weighted by molar-refractivity contribution is 0.102. The number of nitrogens with one attached hydrogen (secondary N) is 2. The summed E-state index contributed by atoms with van der Waals surface area (Å²) in [5.74, 6) is 0.0336. The first kappa shape index (κ1) is 17.5. The second-order valence-electron chi connectivity index (χ2n) is 5.27. The molecule has 2 aromatic rings. The third-order valence-electron chi connectivity index (χ3n) is 2.91. The van der Waals surface area contributed by atoms with Crippen LogP contribution >= 0.6 is 11.3 Å². The largest absolute Gasteiger partial charge is 0.296 e. The Labute approximate surface area is 139 Å². The van der Waals surface area contributed by atoms with E-state index in [9.17, 15) is 13.2 Å². The molecule has 1 aromatic heterocycles. The monoisotopic (exact) mass is 354 g/mol. The van der Waals surface area contributed by atoms with Crippen molar-refractivity contribution < 1.29 is 13.2 Å². The first-order valence-corrected chi connectivity index (χ1v) is 9.38. The van der Waals surface area contributed by atoms with E-state index in [1.807, 2.05) is 13.8 Å². The number of carbonyl (C=O) groups is 1. The van der Waals surface area contributed by atoms with Gasteiger partial charge in [0, 0.05) is 12.1 Å². The highest BCUT2D eigenvalue weighted by molar-refractivity contribution is 7.91. The van der Waals surface area contributed by atoms with Gasteiger partial charge in [-0.2, -0.15) is 0 Å². The molecule has 1 amide bonds. The second-order valence-corrected chi connectivity index (χ2v) is 8.19. The van der Waals surface area contributed by atoms with Gasteiger partial charge in [0.25, 0.3) is 15.9 Å². The highest BCUT2D eigenvalue weighted by atomic mass is 32.2. The van der Waals surface area contributed by atoms with Crippen molar-refractivity contribution in [3.05, 3.63) is 35.9 Å². The molecule has 0 spiro atoms. The summed E-state index contributed by atoms with van der Waals surface area (Å²) in [4.78, 5) is 12.0. The van der Waals surface area contributed by atoms with Crippen LogP contribution in [-0.2, 0) is 10.0 Å². The van der Waals surface area contributed by atoms with Crippen molar-refractivity contribution in [3.63, 3.8) is 0 Å². The SMILES string of the molecule is CC(C)CCNS(=O)(=O)c1nnc(NC(=O)c2ccccc2)s1. The molecule has 124 valence electrons. The maximum absolute atomic E-state index is 12.1. The van der Waals surface area contributed by atoms with Crippen LogP contribution in [0.1, 0.15) is 30.6 Å². The van der Waals surface area contributed by atoms with E-state index in [0.717, 1.165) is 17.8 Å². The van der Waals surface area contributed by atoms with Gasteiger partial charge >= 0.3 is 0 Å². The van der Waals surface area contributed by atoms with Crippen LogP contribution < -0.4 is 10.0 Å². The fraction of sp³-hybridized carbons (Fsp3) is 0.357. The van der Waals surface area contributed by atoms with Crippen LogP contribution in [0.15, 0.2) is 34.7 Å². The minimum atomic E-state index is -3.69. The maximum Gasteiger partial charge on any atom is 0.269 e. The van der Waals surface area contributed by atoms with Crippen molar-refractivity contribution in [1.29, 1.82) is 0 Å². The van der Waals surface area contributed by atoms with Gasteiger partial charge in [0.15, 0.2) is 0 Å². The van der Waals surface area contributed by atoms with Gasteiger partial charge < -0.3 is 0 Å². The molecule has 0 unspecified atom stereocenters. The van der Waals surface area contributed by atoms with E-state index in [0.29, 0.717) is 18.0 Å². The van der Waals surface area contributed by atoms with E-state index in [2.05, 4.69) is 20.2 Å². The fourth-order valence-electron chi connectivity index (χ4n) is 1.67. The summed E-state index contributed by atoms with van der Waals surface area (Å²) < 4.78 is 26.4. The minimum absolute atomic E-state index is 0.142. The predicted octanol–water partition coefficient (Wildman–Crippen LogP) is 2.11. The summed E-state index contributed by atoms with van der Waals surface area (Å²) in [6.07, 6.45) is 0.732. The molecule has 0 saturated heterocycles. The summed E-state index contributed by atoms with van der Waals surface area (Å²) in [5, 5.41) is 10.0. The molecule has 1 heterocycles. The standard InChI is InChI=1S/C14H18N4O3S2/c1-10(2)8-9-15-23(20,21)14-18-17-13(22-14)16-12(19)11-6-4-3-5-7-11/h3-7,10,15H,8-9H2,1-2H3,(H,16,17,19). The first-order chi connectivity index (χ1) is 10.9. The molecular weight excluding hydrogens is 336 g/mol. The van der Waals surface area contributed by atoms with Crippen molar-refractivity contribution in [1.82, 2.24) is 14.9 Å². The number of nitrogens with zero attached hydrogens (tertiary/aromatic N) is 2. The predicted molar refractivity (Wildman–Crippen MR) is 88.9 cm³/mol. The molecular formula is C14H18N4O3S2. The molecule has 2 rings (SSSR count). The molecule has 0 aliphatic rings. The van der Waals surface area contributed by atoms with Crippen LogP contribution in [0, 0.1) is 5.92 Å². The molecule has 0 saturated carbocycles. The molecule has 23 heavy (non-hydrogen) atoms. The lowest BCUT2D eigenvalue weighted by Crippen LogP contribution is -2.25. The topological polar surface area (TPSA) is 101 Å². The van der Waals surface area contributed by atoms with Crippen LogP contribution in [0.2, 0.25) is 0 Å². The smallest absolute Gasteiger partial charge is 0.269 e. The van der Waals surface area contributed by atoms with Crippen LogP contribution in [0.4, 0.5) is 5.13 Å². The van der Waals surface area contributed by atoms with Crippen LogP contribution in [0.3, 0.4) is 0 Å². The third-order valence-corrected chi connectivity index (χ3v) is 5.57. The van der Waals surface area contributed by atoms with Gasteiger partial charge in [0.05, 0.1) is 0 Å². The summed E-state index contributed by atoms with van der Waals surface area (Å²) in [7, 11) is -3.69. The van der Waals surface area contributed by atoms with Crippen molar-refractivity contribution in [2.45, 2.75) is 24.6 Å². The number of amides is 1. The van der Waals surface area contributed by atoms with Gasteiger partial charge in [-0.1, -0.05) is 43.4 Å². The molecule has 0 radical (unpaired) electrons. The number of anilines is 1. The summed E-state index contributed by atoms with van der Waals surface area (Å²) in [6, 6.07) is 8.59. The maximum atomic E-state index is 12.1. The van der Waals surface area contributed by atoms with Crippen molar-refractivity contribution in [2.75, 3.05) is 11.9 Å². The molecule has 9 heteroatoms. The van der Waals surface area contributed by atoms with Crippen LogP contribution in [-0.4, -0.2) is 31.1 Å². The van der Waals surface area contributed by atoms with Gasteiger partial charge in [-0.05, 0) is 24.5 Å². The van der Waals surface area contributed by atoms with Gasteiger partial charge in [-0.15, -0.1) is 10.2 Å². The average molecular weight is 354 g/mol. The number of hydrogen-bond acceptors (Lipinski definition) is 6. The van der Waals surface area contributed by atoms with Crippen LogP contribution in [0.5, 0.6) is 0 Å². The van der Waals surface area contributed by atoms with Gasteiger partial charge in [-0.3, -0.25) is 10.1 Å². The van der Waals surface area contributed by atoms with E-state index in [1.165, 1.54) is 0 Å². The molecule has 0 bridgehead atoms. The number of hydrogen-bond donors (Lipinski definition) is 2. The Bertz CT molecular complexity index is 757. The van der Waals surface area contributed by atoms with Gasteiger partial charge in [-0.25, -0.2) is 13.1 Å². The Balaban J connectivity index is 2.01. The van der Waals surface area contributed by atoms with Crippen LogP contribution in [0.25, 0.3) is 0 Å². The average Bonchev–Trinajstić information content (AvgIpc) is 2.97. The molecule has 0 atom stereocenters. The summed E-state index contributed by atoms with van der Waals surface area (Å²) in [6.45, 7) is 4.36. The van der Waals surface area contributed by atoms with E-state index in [-0.39, 0.29) is 15.4 Å². The highest BCUT2D eigenvalue weighted by Crippen LogP contribution is 2.20. The van der Waals surface area contributed by atoms with E-state index in [1.54, 1.807) is 30.3 Å². The second kappa shape index (κ2) is 7.62. The van der Waals surface area contributed by atoms with Crippen molar-refractivity contribution >= 4 is 32.4 Å². The number of sulfonamides is 1. The zero-order valence-corrected chi connectivity index (χ0v) is 14.4. The fourth-order valence-corrected chi connectivity index (χ4v) is 3.65. The minimum Gasteiger partial charge on any atom is -0.296 e. The quantitative estimate of drug-likeness (QED) is 0.742. The van der Waals surface area contributed by atoms with E-state index >= 15 is 0 Å². The zero-order valence-electron chi connectivity index (χ0n) is 12.8. The molecule has 0 aliphatic carbocycles. The van der Waals surface area contributed by atoms with E-state index < -0.39 is 10.0 Å². The first-order valence-electron chi connectivity index (χ1n) is 7.08. The molecule has 2 N–H and O–H groups in total. The van der Waals surface area contributed by atoms with Crippen molar-refractivity contribution in [3.8, 4) is 0 Å². The Morgan fingerprint density at radius 3 is 2.57 bits per heavy atom. The Kier molecular flexibility index (Phi) is 5.80.